The van der Waals surface area contributed by atoms with Crippen LogP contribution >= 0.6 is 0 Å². The van der Waals surface area contributed by atoms with Crippen molar-refractivity contribution in [2.45, 2.75) is 37.8 Å². The van der Waals surface area contributed by atoms with Crippen molar-refractivity contribution in [1.29, 1.82) is 0 Å². The zero-order chi connectivity index (χ0) is 14.2. The van der Waals surface area contributed by atoms with E-state index in [9.17, 15) is 0 Å². The van der Waals surface area contributed by atoms with E-state index in [0.717, 1.165) is 31.9 Å². The lowest BCUT2D eigenvalue weighted by atomic mass is 9.90. The van der Waals surface area contributed by atoms with E-state index in [1.165, 1.54) is 0 Å². The predicted octanol–water partition coefficient (Wildman–Crippen LogP) is 1.32. The van der Waals surface area contributed by atoms with Gasteiger partial charge in [0, 0.05) is 25.5 Å². The average Bonchev–Trinajstić information content (AvgIpc) is 3.15. The largest absolute Gasteiger partial charge is 0.376 e. The van der Waals surface area contributed by atoms with Crippen LogP contribution in [0, 0.1) is 6.92 Å². The zero-order valence-electron chi connectivity index (χ0n) is 11.8. The van der Waals surface area contributed by atoms with Crippen LogP contribution in [0.15, 0.2) is 23.0 Å². The molecule has 0 bridgehead atoms. The van der Waals surface area contributed by atoms with Crippen molar-refractivity contribution < 1.29 is 9.26 Å². The molecule has 0 radical (unpaired) electrons. The highest BCUT2D eigenvalue weighted by Crippen LogP contribution is 2.36. The molecule has 7 heteroatoms. The first-order chi connectivity index (χ1) is 10.3. The SMILES string of the molecule is Cc1noc([C@H]2C[C@H]3OCC[C@H]3N(c3ncccn3)C2)n1. The second-order valence-corrected chi connectivity index (χ2v) is 5.58. The maximum atomic E-state index is 5.88. The number of nitrogens with zero attached hydrogens (tertiary/aromatic N) is 5. The number of aryl methyl sites for hydroxylation is 1. The van der Waals surface area contributed by atoms with Crippen molar-refractivity contribution in [2.24, 2.45) is 0 Å². The molecule has 21 heavy (non-hydrogen) atoms. The highest BCUT2D eigenvalue weighted by molar-refractivity contribution is 5.34. The third-order valence-electron chi connectivity index (χ3n) is 4.21. The molecule has 0 unspecified atom stereocenters. The fourth-order valence-corrected chi connectivity index (χ4v) is 3.27. The van der Waals surface area contributed by atoms with Gasteiger partial charge in [-0.25, -0.2) is 9.97 Å². The number of piperidine rings is 1. The predicted molar refractivity (Wildman–Crippen MR) is 73.9 cm³/mol. The average molecular weight is 287 g/mol. The van der Waals surface area contributed by atoms with E-state index in [1.54, 1.807) is 12.4 Å². The molecule has 3 atom stereocenters. The Morgan fingerprint density at radius 1 is 1.29 bits per heavy atom. The molecule has 0 spiro atoms. The number of fused-ring (bicyclic) bond motifs is 1. The summed E-state index contributed by atoms with van der Waals surface area (Å²) in [7, 11) is 0. The lowest BCUT2D eigenvalue weighted by Gasteiger charge is -2.39. The third-order valence-corrected chi connectivity index (χ3v) is 4.21. The lowest BCUT2D eigenvalue weighted by molar-refractivity contribution is 0.0755. The van der Waals surface area contributed by atoms with E-state index in [2.05, 4.69) is 25.0 Å². The van der Waals surface area contributed by atoms with Gasteiger partial charge in [0.15, 0.2) is 5.82 Å². The van der Waals surface area contributed by atoms with Crippen molar-refractivity contribution in [3.05, 3.63) is 30.2 Å². The number of ether oxygens (including phenoxy) is 1. The van der Waals surface area contributed by atoms with Crippen molar-refractivity contribution in [3.63, 3.8) is 0 Å². The first-order valence-corrected chi connectivity index (χ1v) is 7.27. The van der Waals surface area contributed by atoms with Gasteiger partial charge in [0.05, 0.1) is 18.1 Å². The van der Waals surface area contributed by atoms with E-state index in [4.69, 9.17) is 9.26 Å². The van der Waals surface area contributed by atoms with Crippen LogP contribution in [0.3, 0.4) is 0 Å². The topological polar surface area (TPSA) is 77.2 Å². The quantitative estimate of drug-likeness (QED) is 0.824. The minimum atomic E-state index is 0.161. The normalized spacial score (nSPS) is 28.6. The fraction of sp³-hybridized carbons (Fsp3) is 0.571. The standard InChI is InChI=1S/C14H17N5O2/c1-9-17-13(21-18-9)10-7-12-11(3-6-20-12)19(8-10)14-15-4-2-5-16-14/h2,4-5,10-12H,3,6-8H2,1H3/t10-,11+,12+/m0/s1. The summed E-state index contributed by atoms with van der Waals surface area (Å²) in [6.45, 7) is 3.41. The molecule has 2 fully saturated rings. The number of aromatic nitrogens is 4. The van der Waals surface area contributed by atoms with Crippen LogP contribution in [-0.4, -0.2) is 45.4 Å². The Kier molecular flexibility index (Phi) is 3.07. The van der Waals surface area contributed by atoms with Gasteiger partial charge in [-0.3, -0.25) is 0 Å². The molecule has 0 aromatic carbocycles. The Hall–Kier alpha value is -2.02. The van der Waals surface area contributed by atoms with E-state index in [-0.39, 0.29) is 12.0 Å². The number of anilines is 1. The van der Waals surface area contributed by atoms with Gasteiger partial charge in [-0.2, -0.15) is 4.98 Å². The molecule has 4 heterocycles. The molecule has 2 aliphatic heterocycles. The van der Waals surface area contributed by atoms with Crippen LogP contribution in [0.2, 0.25) is 0 Å². The van der Waals surface area contributed by atoms with E-state index in [1.807, 2.05) is 13.0 Å². The second-order valence-electron chi connectivity index (χ2n) is 5.58. The summed E-state index contributed by atoms with van der Waals surface area (Å²) in [5.74, 6) is 2.26. The summed E-state index contributed by atoms with van der Waals surface area (Å²) in [5, 5.41) is 3.90. The van der Waals surface area contributed by atoms with Gasteiger partial charge in [-0.05, 0) is 25.8 Å². The summed E-state index contributed by atoms with van der Waals surface area (Å²) >= 11 is 0. The Balaban J connectivity index is 1.65. The second kappa shape index (κ2) is 5.07. The van der Waals surface area contributed by atoms with Crippen LogP contribution in [-0.2, 0) is 4.74 Å². The minimum absolute atomic E-state index is 0.161. The molecule has 2 aromatic rings. The summed E-state index contributed by atoms with van der Waals surface area (Å²) in [6.07, 6.45) is 5.65. The van der Waals surface area contributed by atoms with E-state index >= 15 is 0 Å². The van der Waals surface area contributed by atoms with Crippen molar-refractivity contribution in [1.82, 2.24) is 20.1 Å². The molecule has 7 nitrogen and oxygen atoms in total. The molecule has 0 N–H and O–H groups in total. The first kappa shape index (κ1) is 12.7. The van der Waals surface area contributed by atoms with Crippen molar-refractivity contribution >= 4 is 5.95 Å². The number of hydrogen-bond donors (Lipinski definition) is 0. The molecule has 2 aliphatic rings. The van der Waals surface area contributed by atoms with Crippen molar-refractivity contribution in [2.75, 3.05) is 18.1 Å². The molecule has 0 saturated carbocycles. The Labute approximate surface area is 122 Å². The summed E-state index contributed by atoms with van der Waals surface area (Å²) in [5.41, 5.74) is 0. The number of hydrogen-bond acceptors (Lipinski definition) is 7. The van der Waals surface area contributed by atoms with Gasteiger partial charge in [0.25, 0.3) is 0 Å². The molecule has 2 saturated heterocycles. The minimum Gasteiger partial charge on any atom is -0.376 e. The van der Waals surface area contributed by atoms with Crippen LogP contribution in [0.25, 0.3) is 0 Å². The van der Waals surface area contributed by atoms with Crippen molar-refractivity contribution in [3.8, 4) is 0 Å². The molecule has 4 rings (SSSR count). The van der Waals surface area contributed by atoms with E-state index < -0.39 is 0 Å². The monoisotopic (exact) mass is 287 g/mol. The molecular weight excluding hydrogens is 270 g/mol. The summed E-state index contributed by atoms with van der Waals surface area (Å²) < 4.78 is 11.2. The summed E-state index contributed by atoms with van der Waals surface area (Å²) in [6, 6.07) is 2.17. The highest BCUT2D eigenvalue weighted by atomic mass is 16.5. The number of rotatable bonds is 2. The van der Waals surface area contributed by atoms with Crippen LogP contribution < -0.4 is 4.90 Å². The Bertz CT molecular complexity index is 617. The molecule has 0 amide bonds. The lowest BCUT2D eigenvalue weighted by Crippen LogP contribution is -2.49. The van der Waals surface area contributed by atoms with Gasteiger partial charge in [-0.1, -0.05) is 5.16 Å². The van der Waals surface area contributed by atoms with Gasteiger partial charge < -0.3 is 14.2 Å². The van der Waals surface area contributed by atoms with Crippen LogP contribution in [0.5, 0.6) is 0 Å². The van der Waals surface area contributed by atoms with Gasteiger partial charge in [0.2, 0.25) is 11.8 Å². The van der Waals surface area contributed by atoms with Gasteiger partial charge in [0.1, 0.15) is 0 Å². The molecule has 2 aromatic heterocycles. The van der Waals surface area contributed by atoms with E-state index in [0.29, 0.717) is 17.8 Å². The van der Waals surface area contributed by atoms with Gasteiger partial charge >= 0.3 is 0 Å². The third kappa shape index (κ3) is 2.27. The van der Waals surface area contributed by atoms with Crippen LogP contribution in [0.1, 0.15) is 30.5 Å². The highest BCUT2D eigenvalue weighted by Gasteiger charge is 2.43. The van der Waals surface area contributed by atoms with Crippen LogP contribution in [0.4, 0.5) is 5.95 Å². The zero-order valence-corrected chi connectivity index (χ0v) is 11.8. The smallest absolute Gasteiger partial charge is 0.231 e. The fourth-order valence-electron chi connectivity index (χ4n) is 3.27. The molecule has 0 aliphatic carbocycles. The molecule has 110 valence electrons. The van der Waals surface area contributed by atoms with Gasteiger partial charge in [-0.15, -0.1) is 0 Å². The maximum Gasteiger partial charge on any atom is 0.231 e. The first-order valence-electron chi connectivity index (χ1n) is 7.27. The Morgan fingerprint density at radius 2 is 2.14 bits per heavy atom. The maximum absolute atomic E-state index is 5.88. The molecular formula is C14H17N5O2. The summed E-state index contributed by atoms with van der Waals surface area (Å²) in [4.78, 5) is 15.4. The Morgan fingerprint density at radius 3 is 2.90 bits per heavy atom.